The van der Waals surface area contributed by atoms with Gasteiger partial charge >= 0.3 is 5.97 Å². The van der Waals surface area contributed by atoms with Crippen molar-refractivity contribution in [2.24, 2.45) is 11.7 Å². The third-order valence-corrected chi connectivity index (χ3v) is 2.37. The number of rotatable bonds is 1. The molecule has 0 fully saturated rings. The minimum absolute atomic E-state index is 0.101. The van der Waals surface area contributed by atoms with Gasteiger partial charge in [-0.3, -0.25) is 0 Å². The van der Waals surface area contributed by atoms with Gasteiger partial charge in [-0.15, -0.1) is 0 Å². The van der Waals surface area contributed by atoms with E-state index in [4.69, 9.17) is 5.73 Å². The normalized spacial score (nSPS) is 29.4. The maximum Gasteiger partial charge on any atom is 0.333 e. The van der Waals surface area contributed by atoms with Gasteiger partial charge in [0.1, 0.15) is 0 Å². The quantitative estimate of drug-likeness (QED) is 0.592. The monoisotopic (exact) mass is 169 g/mol. The molecule has 0 bridgehead atoms. The predicted molar refractivity (Wildman–Crippen MR) is 46.5 cm³/mol. The molecule has 68 valence electrons. The highest BCUT2D eigenvalue weighted by atomic mass is 16.5. The zero-order chi connectivity index (χ0) is 9.14. The fourth-order valence-electron chi connectivity index (χ4n) is 1.34. The molecule has 0 aromatic carbocycles. The Kier molecular flexibility index (Phi) is 2.87. The Labute approximate surface area is 72.6 Å². The maximum atomic E-state index is 11.1. The molecule has 0 saturated carbocycles. The summed E-state index contributed by atoms with van der Waals surface area (Å²) in [6, 6.07) is 0.101. The second-order valence-corrected chi connectivity index (χ2v) is 3.30. The van der Waals surface area contributed by atoms with Gasteiger partial charge in [-0.1, -0.05) is 13.0 Å². The van der Waals surface area contributed by atoms with Gasteiger partial charge in [0, 0.05) is 11.6 Å². The average Bonchev–Trinajstić information content (AvgIpc) is 2.08. The highest BCUT2D eigenvalue weighted by Gasteiger charge is 2.22. The van der Waals surface area contributed by atoms with Crippen molar-refractivity contribution < 1.29 is 9.53 Å². The molecule has 0 spiro atoms. The van der Waals surface area contributed by atoms with E-state index in [0.717, 1.165) is 12.0 Å². The van der Waals surface area contributed by atoms with E-state index >= 15 is 0 Å². The third-order valence-electron chi connectivity index (χ3n) is 2.37. The SMILES string of the molecule is COC(=O)C1=CC[C@H](C)[C@@H](N)C1. The van der Waals surface area contributed by atoms with Crippen LogP contribution in [0.2, 0.25) is 0 Å². The highest BCUT2D eigenvalue weighted by Crippen LogP contribution is 2.22. The van der Waals surface area contributed by atoms with Crippen molar-refractivity contribution in [2.75, 3.05) is 7.11 Å². The summed E-state index contributed by atoms with van der Waals surface area (Å²) in [7, 11) is 1.40. The van der Waals surface area contributed by atoms with Crippen LogP contribution in [0.15, 0.2) is 11.6 Å². The molecule has 3 nitrogen and oxygen atoms in total. The lowest BCUT2D eigenvalue weighted by molar-refractivity contribution is -0.136. The van der Waals surface area contributed by atoms with Gasteiger partial charge in [0.05, 0.1) is 7.11 Å². The lowest BCUT2D eigenvalue weighted by Crippen LogP contribution is -2.32. The van der Waals surface area contributed by atoms with Crippen LogP contribution in [-0.2, 0) is 9.53 Å². The molecule has 1 aliphatic rings. The fraction of sp³-hybridized carbons (Fsp3) is 0.667. The molecule has 0 aliphatic heterocycles. The molecule has 0 heterocycles. The summed E-state index contributed by atoms with van der Waals surface area (Å²) < 4.78 is 4.61. The van der Waals surface area contributed by atoms with Crippen molar-refractivity contribution >= 4 is 5.97 Å². The van der Waals surface area contributed by atoms with Gasteiger partial charge in [-0.25, -0.2) is 4.79 Å². The number of carbonyl (C=O) groups excluding carboxylic acids is 1. The third kappa shape index (κ3) is 1.85. The summed E-state index contributed by atoms with van der Waals surface area (Å²) in [5.74, 6) is 0.232. The van der Waals surface area contributed by atoms with Gasteiger partial charge in [-0.05, 0) is 18.8 Å². The Morgan fingerprint density at radius 1 is 1.75 bits per heavy atom. The van der Waals surface area contributed by atoms with E-state index < -0.39 is 0 Å². The number of hydrogen-bond donors (Lipinski definition) is 1. The number of carbonyl (C=O) groups is 1. The van der Waals surface area contributed by atoms with Gasteiger partial charge < -0.3 is 10.5 Å². The lowest BCUT2D eigenvalue weighted by Gasteiger charge is -2.24. The first-order valence-electron chi connectivity index (χ1n) is 4.18. The minimum Gasteiger partial charge on any atom is -0.466 e. The van der Waals surface area contributed by atoms with E-state index in [0.29, 0.717) is 12.3 Å². The van der Waals surface area contributed by atoms with Crippen molar-refractivity contribution in [3.8, 4) is 0 Å². The van der Waals surface area contributed by atoms with Crippen LogP contribution in [0.25, 0.3) is 0 Å². The van der Waals surface area contributed by atoms with Crippen LogP contribution in [0.5, 0.6) is 0 Å². The van der Waals surface area contributed by atoms with Crippen molar-refractivity contribution in [2.45, 2.75) is 25.8 Å². The van der Waals surface area contributed by atoms with Crippen molar-refractivity contribution in [3.05, 3.63) is 11.6 Å². The van der Waals surface area contributed by atoms with Crippen LogP contribution in [0, 0.1) is 5.92 Å². The topological polar surface area (TPSA) is 52.3 Å². The second-order valence-electron chi connectivity index (χ2n) is 3.30. The van der Waals surface area contributed by atoms with Crippen molar-refractivity contribution in [3.63, 3.8) is 0 Å². The van der Waals surface area contributed by atoms with E-state index in [1.54, 1.807) is 0 Å². The average molecular weight is 169 g/mol. The number of allylic oxidation sites excluding steroid dienone is 1. The first-order valence-corrected chi connectivity index (χ1v) is 4.18. The van der Waals surface area contributed by atoms with Gasteiger partial charge in [0.2, 0.25) is 0 Å². The molecule has 0 saturated heterocycles. The molecule has 0 aromatic heterocycles. The zero-order valence-electron chi connectivity index (χ0n) is 7.54. The molecule has 0 radical (unpaired) electrons. The van der Waals surface area contributed by atoms with Gasteiger partial charge in [0.15, 0.2) is 0 Å². The van der Waals surface area contributed by atoms with Crippen molar-refractivity contribution in [1.29, 1.82) is 0 Å². The summed E-state index contributed by atoms with van der Waals surface area (Å²) in [6.45, 7) is 2.09. The molecule has 2 N–H and O–H groups in total. The van der Waals surface area contributed by atoms with Crippen LogP contribution >= 0.6 is 0 Å². The smallest absolute Gasteiger partial charge is 0.333 e. The molecule has 1 rings (SSSR count). The Balaban J connectivity index is 2.64. The molecule has 2 atom stereocenters. The molecule has 1 aliphatic carbocycles. The van der Waals surface area contributed by atoms with E-state index in [2.05, 4.69) is 11.7 Å². The maximum absolute atomic E-state index is 11.1. The number of esters is 1. The summed E-state index contributed by atoms with van der Waals surface area (Å²) in [6.07, 6.45) is 3.46. The summed E-state index contributed by atoms with van der Waals surface area (Å²) >= 11 is 0. The molecule has 0 aromatic rings. The summed E-state index contributed by atoms with van der Waals surface area (Å²) in [5.41, 5.74) is 6.54. The van der Waals surface area contributed by atoms with E-state index in [1.807, 2.05) is 6.08 Å². The molecular weight excluding hydrogens is 154 g/mol. The highest BCUT2D eigenvalue weighted by molar-refractivity contribution is 5.88. The molecular formula is C9H15NO2. The van der Waals surface area contributed by atoms with Crippen LogP contribution in [0.3, 0.4) is 0 Å². The summed E-state index contributed by atoms with van der Waals surface area (Å²) in [5, 5.41) is 0. The Bertz CT molecular complexity index is 211. The first-order chi connectivity index (χ1) is 5.65. The van der Waals surface area contributed by atoms with Crippen LogP contribution < -0.4 is 5.73 Å². The molecule has 3 heteroatoms. The number of methoxy groups -OCH3 is 1. The van der Waals surface area contributed by atoms with Gasteiger partial charge in [0.25, 0.3) is 0 Å². The number of ether oxygens (including phenoxy) is 1. The first kappa shape index (κ1) is 9.26. The van der Waals surface area contributed by atoms with Crippen LogP contribution in [0.1, 0.15) is 19.8 Å². The number of nitrogens with two attached hydrogens (primary N) is 1. The van der Waals surface area contributed by atoms with Crippen molar-refractivity contribution in [1.82, 2.24) is 0 Å². The Morgan fingerprint density at radius 2 is 2.42 bits per heavy atom. The number of hydrogen-bond acceptors (Lipinski definition) is 3. The standard InChI is InChI=1S/C9H15NO2/c1-6-3-4-7(5-8(6)10)9(11)12-2/h4,6,8H,3,5,10H2,1-2H3/t6-,8-/m0/s1. The second kappa shape index (κ2) is 3.72. The van der Waals surface area contributed by atoms with Crippen LogP contribution in [0.4, 0.5) is 0 Å². The van der Waals surface area contributed by atoms with E-state index in [-0.39, 0.29) is 12.0 Å². The molecule has 0 unspecified atom stereocenters. The Morgan fingerprint density at radius 3 is 2.92 bits per heavy atom. The largest absolute Gasteiger partial charge is 0.466 e. The van der Waals surface area contributed by atoms with Gasteiger partial charge in [-0.2, -0.15) is 0 Å². The fourth-order valence-corrected chi connectivity index (χ4v) is 1.34. The minimum atomic E-state index is -0.239. The molecule has 0 amide bonds. The zero-order valence-corrected chi connectivity index (χ0v) is 7.54. The summed E-state index contributed by atoms with van der Waals surface area (Å²) in [4.78, 5) is 11.1. The van der Waals surface area contributed by atoms with E-state index in [9.17, 15) is 4.79 Å². The lowest BCUT2D eigenvalue weighted by atomic mass is 9.87. The van der Waals surface area contributed by atoms with Crippen LogP contribution in [-0.4, -0.2) is 19.1 Å². The van der Waals surface area contributed by atoms with E-state index in [1.165, 1.54) is 7.11 Å². The molecule has 12 heavy (non-hydrogen) atoms. The predicted octanol–water partition coefficient (Wildman–Crippen LogP) is 0.843. The Hall–Kier alpha value is -0.830.